The summed E-state index contributed by atoms with van der Waals surface area (Å²) in [4.78, 5) is 22.0. The second-order valence-corrected chi connectivity index (χ2v) is 4.50. The van der Waals surface area contributed by atoms with Crippen molar-refractivity contribution in [1.29, 1.82) is 0 Å². The zero-order chi connectivity index (χ0) is 14.5. The molecule has 0 radical (unpaired) electrons. The lowest BCUT2D eigenvalue weighted by Crippen LogP contribution is -2.22. The van der Waals surface area contributed by atoms with Gasteiger partial charge in [0.25, 0.3) is 11.6 Å². The topological polar surface area (TPSA) is 72.2 Å². The van der Waals surface area contributed by atoms with Gasteiger partial charge in [0, 0.05) is 18.2 Å². The minimum atomic E-state index is -0.589. The van der Waals surface area contributed by atoms with Crippen LogP contribution in [0.3, 0.4) is 0 Å². The van der Waals surface area contributed by atoms with E-state index < -0.39 is 4.92 Å². The molecule has 0 aromatic heterocycles. The summed E-state index contributed by atoms with van der Waals surface area (Å²) in [5.74, 6) is -0.328. The SMILES string of the molecule is O=C(NCc1ccccc1)c1ccc([N+](=O)[O-])c(Cl)c1. The van der Waals surface area contributed by atoms with E-state index in [1.54, 1.807) is 0 Å². The Labute approximate surface area is 120 Å². The number of hydrogen-bond acceptors (Lipinski definition) is 3. The number of carbonyl (C=O) groups is 1. The number of nitro groups is 1. The normalized spacial score (nSPS) is 10.1. The van der Waals surface area contributed by atoms with E-state index in [4.69, 9.17) is 11.6 Å². The summed E-state index contributed by atoms with van der Waals surface area (Å²) in [6.45, 7) is 0.383. The molecule has 2 aromatic rings. The molecular weight excluding hydrogens is 280 g/mol. The van der Waals surface area contributed by atoms with Gasteiger partial charge in [-0.2, -0.15) is 0 Å². The maximum Gasteiger partial charge on any atom is 0.287 e. The van der Waals surface area contributed by atoms with E-state index in [1.807, 2.05) is 30.3 Å². The van der Waals surface area contributed by atoms with E-state index in [-0.39, 0.29) is 22.2 Å². The molecule has 0 saturated heterocycles. The monoisotopic (exact) mass is 290 g/mol. The molecule has 6 heteroatoms. The molecular formula is C14H11ClN2O3. The highest BCUT2D eigenvalue weighted by atomic mass is 35.5. The summed E-state index contributed by atoms with van der Waals surface area (Å²) < 4.78 is 0. The largest absolute Gasteiger partial charge is 0.348 e. The number of hydrogen-bond donors (Lipinski definition) is 1. The Morgan fingerprint density at radius 3 is 2.50 bits per heavy atom. The van der Waals surface area contributed by atoms with Crippen LogP contribution in [0.15, 0.2) is 48.5 Å². The Kier molecular flexibility index (Phi) is 4.32. The third-order valence-corrected chi connectivity index (χ3v) is 3.01. The van der Waals surface area contributed by atoms with Gasteiger partial charge < -0.3 is 5.32 Å². The van der Waals surface area contributed by atoms with Crippen LogP contribution in [0.25, 0.3) is 0 Å². The molecule has 0 aliphatic rings. The summed E-state index contributed by atoms with van der Waals surface area (Å²) in [7, 11) is 0. The summed E-state index contributed by atoms with van der Waals surface area (Å²) in [5.41, 5.74) is 1.04. The molecule has 0 fully saturated rings. The Hall–Kier alpha value is -2.40. The van der Waals surface area contributed by atoms with Crippen LogP contribution in [-0.4, -0.2) is 10.8 Å². The summed E-state index contributed by atoms with van der Waals surface area (Å²) in [5, 5.41) is 13.3. The maximum atomic E-state index is 11.9. The van der Waals surface area contributed by atoms with E-state index in [2.05, 4.69) is 5.32 Å². The Morgan fingerprint density at radius 1 is 1.20 bits per heavy atom. The average Bonchev–Trinajstić information content (AvgIpc) is 2.45. The van der Waals surface area contributed by atoms with Gasteiger partial charge in [-0.25, -0.2) is 0 Å². The van der Waals surface area contributed by atoms with E-state index >= 15 is 0 Å². The standard InChI is InChI=1S/C14H11ClN2O3/c15-12-8-11(6-7-13(12)17(19)20)14(18)16-9-10-4-2-1-3-5-10/h1-8H,9H2,(H,16,18). The minimum Gasteiger partial charge on any atom is -0.348 e. The second-order valence-electron chi connectivity index (χ2n) is 4.09. The van der Waals surface area contributed by atoms with Crippen LogP contribution >= 0.6 is 11.6 Å². The predicted octanol–water partition coefficient (Wildman–Crippen LogP) is 3.18. The first-order valence-electron chi connectivity index (χ1n) is 5.84. The Bertz CT molecular complexity index is 644. The number of halogens is 1. The maximum absolute atomic E-state index is 11.9. The van der Waals surface area contributed by atoms with Crippen LogP contribution in [0, 0.1) is 10.1 Å². The Balaban J connectivity index is 2.06. The van der Waals surface area contributed by atoms with Gasteiger partial charge in [0.05, 0.1) is 4.92 Å². The predicted molar refractivity (Wildman–Crippen MR) is 75.7 cm³/mol. The van der Waals surface area contributed by atoms with Crippen molar-refractivity contribution >= 4 is 23.2 Å². The molecule has 0 aliphatic heterocycles. The lowest BCUT2D eigenvalue weighted by atomic mass is 10.2. The minimum absolute atomic E-state index is 0.0534. The van der Waals surface area contributed by atoms with Crippen molar-refractivity contribution < 1.29 is 9.72 Å². The van der Waals surface area contributed by atoms with Crippen molar-refractivity contribution in [1.82, 2.24) is 5.32 Å². The van der Waals surface area contributed by atoms with Crippen LogP contribution in [0.5, 0.6) is 0 Å². The molecule has 0 saturated carbocycles. The molecule has 2 aromatic carbocycles. The molecule has 0 bridgehead atoms. The lowest BCUT2D eigenvalue weighted by Gasteiger charge is -2.05. The molecule has 0 spiro atoms. The van der Waals surface area contributed by atoms with Crippen LogP contribution < -0.4 is 5.32 Å². The summed E-state index contributed by atoms with van der Waals surface area (Å²) >= 11 is 5.76. The molecule has 102 valence electrons. The quantitative estimate of drug-likeness (QED) is 0.694. The number of carbonyl (C=O) groups excluding carboxylic acids is 1. The van der Waals surface area contributed by atoms with Gasteiger partial charge in [0.2, 0.25) is 0 Å². The molecule has 1 N–H and O–H groups in total. The fraction of sp³-hybridized carbons (Fsp3) is 0.0714. The fourth-order valence-corrected chi connectivity index (χ4v) is 1.93. The third-order valence-electron chi connectivity index (χ3n) is 2.70. The van der Waals surface area contributed by atoms with Gasteiger partial charge in [-0.15, -0.1) is 0 Å². The van der Waals surface area contributed by atoms with Gasteiger partial charge in [0.15, 0.2) is 0 Å². The summed E-state index contributed by atoms with van der Waals surface area (Å²) in [6.07, 6.45) is 0. The first-order valence-corrected chi connectivity index (χ1v) is 6.22. The van der Waals surface area contributed by atoms with Crippen molar-refractivity contribution in [3.63, 3.8) is 0 Å². The molecule has 2 rings (SSSR count). The van der Waals surface area contributed by atoms with Gasteiger partial charge >= 0.3 is 0 Å². The Morgan fingerprint density at radius 2 is 1.90 bits per heavy atom. The van der Waals surface area contributed by atoms with E-state index in [1.165, 1.54) is 18.2 Å². The van der Waals surface area contributed by atoms with E-state index in [0.29, 0.717) is 6.54 Å². The highest BCUT2D eigenvalue weighted by molar-refractivity contribution is 6.33. The molecule has 5 nitrogen and oxygen atoms in total. The molecule has 0 heterocycles. The molecule has 1 amide bonds. The number of rotatable bonds is 4. The van der Waals surface area contributed by atoms with Gasteiger partial charge in [-0.05, 0) is 17.7 Å². The van der Waals surface area contributed by atoms with Crippen LogP contribution in [0.1, 0.15) is 15.9 Å². The van der Waals surface area contributed by atoms with Crippen molar-refractivity contribution in [3.8, 4) is 0 Å². The zero-order valence-corrected chi connectivity index (χ0v) is 11.1. The molecule has 0 unspecified atom stereocenters. The number of nitro benzene ring substituents is 1. The number of nitrogens with zero attached hydrogens (tertiary/aromatic N) is 1. The van der Waals surface area contributed by atoms with Gasteiger partial charge in [0.1, 0.15) is 5.02 Å². The van der Waals surface area contributed by atoms with Crippen molar-refractivity contribution in [2.75, 3.05) is 0 Å². The number of benzene rings is 2. The van der Waals surface area contributed by atoms with Crippen LogP contribution in [-0.2, 0) is 6.54 Å². The van der Waals surface area contributed by atoms with Gasteiger partial charge in [-0.1, -0.05) is 41.9 Å². The second kappa shape index (κ2) is 6.16. The van der Waals surface area contributed by atoms with Crippen molar-refractivity contribution in [2.45, 2.75) is 6.54 Å². The fourth-order valence-electron chi connectivity index (χ4n) is 1.68. The highest BCUT2D eigenvalue weighted by Gasteiger charge is 2.15. The number of nitrogens with one attached hydrogen (secondary N) is 1. The van der Waals surface area contributed by atoms with Crippen LogP contribution in [0.2, 0.25) is 5.02 Å². The van der Waals surface area contributed by atoms with Crippen molar-refractivity contribution in [3.05, 3.63) is 74.8 Å². The first kappa shape index (κ1) is 14.0. The van der Waals surface area contributed by atoms with Crippen LogP contribution in [0.4, 0.5) is 5.69 Å². The third kappa shape index (κ3) is 3.33. The molecule has 20 heavy (non-hydrogen) atoms. The first-order chi connectivity index (χ1) is 9.58. The smallest absolute Gasteiger partial charge is 0.287 e. The number of amides is 1. The molecule has 0 atom stereocenters. The van der Waals surface area contributed by atoms with Gasteiger partial charge in [-0.3, -0.25) is 14.9 Å². The van der Waals surface area contributed by atoms with Crippen molar-refractivity contribution in [2.24, 2.45) is 0 Å². The lowest BCUT2D eigenvalue weighted by molar-refractivity contribution is -0.384. The zero-order valence-electron chi connectivity index (χ0n) is 10.4. The van der Waals surface area contributed by atoms with E-state index in [0.717, 1.165) is 5.56 Å². The summed E-state index contributed by atoms with van der Waals surface area (Å²) in [6, 6.07) is 13.3. The molecule has 0 aliphatic carbocycles. The highest BCUT2D eigenvalue weighted by Crippen LogP contribution is 2.24. The average molecular weight is 291 g/mol. The van der Waals surface area contributed by atoms with E-state index in [9.17, 15) is 14.9 Å².